The fourth-order valence-corrected chi connectivity index (χ4v) is 3.69. The van der Waals surface area contributed by atoms with Crippen LogP contribution in [0.25, 0.3) is 0 Å². The van der Waals surface area contributed by atoms with Crippen LogP contribution in [0.1, 0.15) is 31.4 Å². The number of hydrogen-bond acceptors (Lipinski definition) is 8. The maximum atomic E-state index is 11.0. The summed E-state index contributed by atoms with van der Waals surface area (Å²) in [6, 6.07) is 15.9. The number of ether oxygens (including phenoxy) is 6. The summed E-state index contributed by atoms with van der Waals surface area (Å²) in [5.41, 5.74) is 2.12. The van der Waals surface area contributed by atoms with Gasteiger partial charge in [-0.25, -0.2) is 9.59 Å². The van der Waals surface area contributed by atoms with Gasteiger partial charge in [0.05, 0.1) is 0 Å². The average Bonchev–Trinajstić information content (AvgIpc) is 3.44. The molecule has 2 saturated heterocycles. The number of hydrogen-bond donors (Lipinski definition) is 0. The minimum Gasteiger partial charge on any atom is -0.490 e. The first kappa shape index (κ1) is 21.8. The molecule has 2 unspecified atom stereocenters. The highest BCUT2D eigenvalue weighted by Gasteiger charge is 2.29. The molecule has 0 N–H and O–H groups in total. The number of benzene rings is 2. The van der Waals surface area contributed by atoms with Crippen molar-refractivity contribution in [2.24, 2.45) is 0 Å². The Morgan fingerprint density at radius 2 is 1.19 bits per heavy atom. The summed E-state index contributed by atoms with van der Waals surface area (Å²) in [7, 11) is 0. The van der Waals surface area contributed by atoms with Crippen LogP contribution >= 0.6 is 0 Å². The first-order valence-corrected chi connectivity index (χ1v) is 10.6. The number of carbonyl (C=O) groups excluding carboxylic acids is 2. The lowest BCUT2D eigenvalue weighted by molar-refractivity contribution is 0.0977. The van der Waals surface area contributed by atoms with Crippen LogP contribution in [-0.4, -0.2) is 50.9 Å². The maximum absolute atomic E-state index is 11.0. The topological polar surface area (TPSA) is 89.5 Å². The van der Waals surface area contributed by atoms with E-state index in [9.17, 15) is 9.59 Å². The molecule has 8 nitrogen and oxygen atoms in total. The summed E-state index contributed by atoms with van der Waals surface area (Å²) < 4.78 is 30.9. The van der Waals surface area contributed by atoms with E-state index in [0.717, 1.165) is 17.5 Å². The zero-order valence-corrected chi connectivity index (χ0v) is 18.1. The quantitative estimate of drug-likeness (QED) is 0.533. The van der Waals surface area contributed by atoms with Crippen LogP contribution in [0, 0.1) is 0 Å². The Hall–Kier alpha value is -3.42. The highest BCUT2D eigenvalue weighted by atomic mass is 16.8. The molecule has 2 aliphatic rings. The Labute approximate surface area is 186 Å². The molecule has 2 atom stereocenters. The summed E-state index contributed by atoms with van der Waals surface area (Å²) in [4.78, 5) is 22.0. The second-order valence-electron chi connectivity index (χ2n) is 7.96. The van der Waals surface area contributed by atoms with Crippen LogP contribution in [-0.2, 0) is 24.4 Å². The third-order valence-electron chi connectivity index (χ3n) is 5.86. The summed E-state index contributed by atoms with van der Waals surface area (Å²) in [5.74, 6) is 1.41. The van der Waals surface area contributed by atoms with Gasteiger partial charge in [-0.2, -0.15) is 0 Å². The molecule has 4 rings (SSSR count). The molecular formula is C24H26O8. The van der Waals surface area contributed by atoms with E-state index >= 15 is 0 Å². The molecule has 0 spiro atoms. The van der Waals surface area contributed by atoms with Crippen LogP contribution in [0.5, 0.6) is 11.5 Å². The zero-order chi connectivity index (χ0) is 22.6. The normalized spacial score (nSPS) is 21.7. The van der Waals surface area contributed by atoms with E-state index in [2.05, 4.69) is 38.1 Å². The lowest BCUT2D eigenvalue weighted by atomic mass is 9.74. The van der Waals surface area contributed by atoms with Gasteiger partial charge in [0.15, 0.2) is 12.2 Å². The van der Waals surface area contributed by atoms with Crippen molar-refractivity contribution in [3.63, 3.8) is 0 Å². The molecule has 170 valence electrons. The van der Waals surface area contributed by atoms with Gasteiger partial charge in [-0.05, 0) is 41.8 Å². The SMILES string of the molecule is CCC(C)(c1ccc(OCC2COC(=O)O2)cc1)c1ccc(OCC2COC(=O)O2)cc1. The molecule has 0 aromatic heterocycles. The van der Waals surface area contributed by atoms with Crippen molar-refractivity contribution in [3.05, 3.63) is 59.7 Å². The Kier molecular flexibility index (Phi) is 6.39. The fourth-order valence-electron chi connectivity index (χ4n) is 3.69. The van der Waals surface area contributed by atoms with Crippen molar-refractivity contribution >= 4 is 12.3 Å². The first-order chi connectivity index (χ1) is 15.5. The molecular weight excluding hydrogens is 416 g/mol. The molecule has 0 aliphatic carbocycles. The van der Waals surface area contributed by atoms with Crippen LogP contribution < -0.4 is 9.47 Å². The van der Waals surface area contributed by atoms with Crippen LogP contribution in [0.3, 0.4) is 0 Å². The molecule has 0 radical (unpaired) electrons. The van der Waals surface area contributed by atoms with Gasteiger partial charge >= 0.3 is 12.3 Å². The van der Waals surface area contributed by atoms with Crippen molar-refractivity contribution in [1.82, 2.24) is 0 Å². The standard InChI is InChI=1S/C24H26O8/c1-3-24(2,16-4-8-18(9-5-16)27-12-20-14-29-22(25)31-20)17-6-10-19(11-7-17)28-13-21-15-30-23(26)32-21/h4-11,20-21H,3,12-15H2,1-2H3. The van der Waals surface area contributed by atoms with Gasteiger partial charge in [0, 0.05) is 5.41 Å². The van der Waals surface area contributed by atoms with E-state index in [4.69, 9.17) is 28.4 Å². The van der Waals surface area contributed by atoms with Crippen LogP contribution in [0.2, 0.25) is 0 Å². The van der Waals surface area contributed by atoms with E-state index < -0.39 is 12.3 Å². The second-order valence-corrected chi connectivity index (χ2v) is 7.96. The number of rotatable bonds is 9. The average molecular weight is 442 g/mol. The van der Waals surface area contributed by atoms with E-state index in [0.29, 0.717) is 11.5 Å². The third kappa shape index (κ3) is 4.90. The monoisotopic (exact) mass is 442 g/mol. The van der Waals surface area contributed by atoms with Gasteiger partial charge in [-0.3, -0.25) is 0 Å². The van der Waals surface area contributed by atoms with E-state index in [1.165, 1.54) is 0 Å². The van der Waals surface area contributed by atoms with Gasteiger partial charge in [-0.1, -0.05) is 38.1 Å². The summed E-state index contributed by atoms with van der Waals surface area (Å²) >= 11 is 0. The smallest absolute Gasteiger partial charge is 0.490 e. The number of cyclic esters (lactones) is 4. The van der Waals surface area contributed by atoms with Gasteiger partial charge in [0.25, 0.3) is 0 Å². The number of carbonyl (C=O) groups is 2. The minimum absolute atomic E-state index is 0.194. The Morgan fingerprint density at radius 1 is 0.781 bits per heavy atom. The summed E-state index contributed by atoms with van der Waals surface area (Å²) in [6.45, 7) is 5.28. The van der Waals surface area contributed by atoms with E-state index in [1.807, 2.05) is 24.3 Å². The summed E-state index contributed by atoms with van der Waals surface area (Å²) in [5, 5.41) is 0. The molecule has 2 fully saturated rings. The first-order valence-electron chi connectivity index (χ1n) is 10.6. The molecule has 0 amide bonds. The molecule has 2 aromatic rings. The molecule has 32 heavy (non-hydrogen) atoms. The minimum atomic E-state index is -0.653. The summed E-state index contributed by atoms with van der Waals surface area (Å²) in [6.07, 6.45) is -1.16. The Bertz CT molecular complexity index is 864. The predicted molar refractivity (Wildman–Crippen MR) is 113 cm³/mol. The van der Waals surface area contributed by atoms with Crippen LogP contribution in [0.4, 0.5) is 9.59 Å². The Balaban J connectivity index is 1.37. The molecule has 0 saturated carbocycles. The van der Waals surface area contributed by atoms with Crippen molar-refractivity contribution in [3.8, 4) is 11.5 Å². The van der Waals surface area contributed by atoms with E-state index in [1.54, 1.807) is 0 Å². The van der Waals surface area contributed by atoms with Crippen molar-refractivity contribution in [1.29, 1.82) is 0 Å². The zero-order valence-electron chi connectivity index (χ0n) is 18.1. The molecule has 2 heterocycles. The molecule has 8 heteroatoms. The van der Waals surface area contributed by atoms with Crippen molar-refractivity contribution in [2.75, 3.05) is 26.4 Å². The lowest BCUT2D eigenvalue weighted by Gasteiger charge is -2.30. The van der Waals surface area contributed by atoms with Crippen LogP contribution in [0.15, 0.2) is 48.5 Å². The highest BCUT2D eigenvalue weighted by Crippen LogP contribution is 2.36. The molecule has 2 aliphatic heterocycles. The third-order valence-corrected chi connectivity index (χ3v) is 5.86. The molecule has 2 aromatic carbocycles. The molecule has 0 bridgehead atoms. The highest BCUT2D eigenvalue weighted by molar-refractivity contribution is 5.62. The van der Waals surface area contributed by atoms with Crippen molar-refractivity contribution in [2.45, 2.75) is 37.9 Å². The van der Waals surface area contributed by atoms with E-state index in [-0.39, 0.29) is 44.1 Å². The maximum Gasteiger partial charge on any atom is 0.508 e. The largest absolute Gasteiger partial charge is 0.508 e. The second kappa shape index (κ2) is 9.38. The van der Waals surface area contributed by atoms with Gasteiger partial charge in [-0.15, -0.1) is 0 Å². The predicted octanol–water partition coefficient (Wildman–Crippen LogP) is 4.23. The van der Waals surface area contributed by atoms with Gasteiger partial charge in [0.2, 0.25) is 0 Å². The Morgan fingerprint density at radius 3 is 1.50 bits per heavy atom. The van der Waals surface area contributed by atoms with Crippen molar-refractivity contribution < 1.29 is 38.0 Å². The van der Waals surface area contributed by atoms with Gasteiger partial charge < -0.3 is 28.4 Å². The van der Waals surface area contributed by atoms with Gasteiger partial charge in [0.1, 0.15) is 37.9 Å². The lowest BCUT2D eigenvalue weighted by Crippen LogP contribution is -2.23. The fraction of sp³-hybridized carbons (Fsp3) is 0.417.